The van der Waals surface area contributed by atoms with E-state index in [1.165, 1.54) is 54.5 Å². The summed E-state index contributed by atoms with van der Waals surface area (Å²) in [7, 11) is 0. The molecule has 148 heavy (non-hydrogen) atoms. The van der Waals surface area contributed by atoms with Crippen LogP contribution >= 0.6 is 0 Å². The summed E-state index contributed by atoms with van der Waals surface area (Å²) in [4.78, 5) is 56.8. The van der Waals surface area contributed by atoms with E-state index in [9.17, 15) is 0 Å². The van der Waals surface area contributed by atoms with E-state index in [2.05, 4.69) is 326 Å². The summed E-state index contributed by atoms with van der Waals surface area (Å²) in [6, 6.07) is 166. The molecule has 17 nitrogen and oxygen atoms in total. The maximum atomic E-state index is 5.34. The molecule has 0 unspecified atom stereocenters. The standard InChI is InChI=1S/C49H31N7.C43H33N5.C39H25N5/c1-5-17-32(18-6-1)40-31-41(33-19-7-2-8-20-33)51-48(50-40)55-42-27-15-13-25-36(42)38-29-30-39-37-26-14-16-28-43(37)56(45(39)44(38)55)49-53-46(34-21-9-3-10-22-34)52-47(54-49)35-23-11-4-12-24-35;1-3-28-20-24-37-35(26-28)33-22-23-34-36-27-29(4-2)21-25-38(36)48(40(34)39(33)47(37)32-18-12-7-13-19-32)43-45-41(30-14-8-5-9-15-30)44-42(46-43)31-16-10-6-11-17-31;1-4-14-26(15-5-1)37-40-38(27-16-6-2-7-17-27)42-39(41-37)44-34-23-13-11-21-30(34)32-24-31-29-20-10-12-22-33(29)43(35(31)25-36(32)44)28-18-8-3-9-19-28/h1-31H;5-27H,3-4H2,1-2H3;1-25H. The molecule has 10 aromatic heterocycles. The number of fused-ring (bicyclic) bond motifs is 20. The third-order valence-electron chi connectivity index (χ3n) is 28.3. The monoisotopic (exact) mass is 1900 g/mol. The number of para-hydroxylation sites is 6. The van der Waals surface area contributed by atoms with Gasteiger partial charge in [0.15, 0.2) is 34.9 Å². The zero-order valence-corrected chi connectivity index (χ0v) is 80.6. The summed E-state index contributed by atoms with van der Waals surface area (Å²) in [5.41, 5.74) is 26.9. The van der Waals surface area contributed by atoms with E-state index < -0.39 is 0 Å². The quantitative estimate of drug-likeness (QED) is 0.0901. The first-order valence-electron chi connectivity index (χ1n) is 50.0. The van der Waals surface area contributed by atoms with Gasteiger partial charge in [-0.15, -0.1) is 0 Å². The Kier molecular flexibility index (Phi) is 21.7. The SMILES string of the molecule is CCc1ccc2c(c1)c1ccc3c4cc(CC)ccc4n(-c4nc(-c5ccccc5)nc(-c5ccccc5)n4)c3c1n2-c1ccccc1.c1ccc(-c2cc(-c3ccccc3)nc(-n3c4ccccc4c4ccc5c6ccccc6n(-c6nc(-c7ccccc7)nc(-c7ccccc7)n6)c5c43)n2)cc1.c1ccc(-c2nc(-c3ccccc3)nc(-n3c4ccccc4c4cc5c6ccccc6n(-c6ccccc6)c5cc43)n2)cc1. The van der Waals surface area contributed by atoms with E-state index in [4.69, 9.17) is 54.8 Å². The molecule has 0 bridgehead atoms. The maximum Gasteiger partial charge on any atom is 0.238 e. The number of hydrogen-bond acceptors (Lipinski definition) is 11. The third-order valence-corrected chi connectivity index (χ3v) is 28.3. The van der Waals surface area contributed by atoms with Crippen LogP contribution in [0.5, 0.6) is 0 Å². The van der Waals surface area contributed by atoms with Crippen LogP contribution in [0.25, 0.3) is 257 Å². The van der Waals surface area contributed by atoms with Gasteiger partial charge < -0.3 is 9.13 Å². The lowest BCUT2D eigenvalue weighted by molar-refractivity contribution is 0.949. The third kappa shape index (κ3) is 15.2. The minimum atomic E-state index is 0.525. The number of hydrogen-bond donors (Lipinski definition) is 0. The van der Waals surface area contributed by atoms with Crippen molar-refractivity contribution in [3.8, 4) is 126 Å². The number of benzene rings is 19. The van der Waals surface area contributed by atoms with E-state index >= 15 is 0 Å². The van der Waals surface area contributed by atoms with Crippen molar-refractivity contribution < 1.29 is 0 Å². The lowest BCUT2D eigenvalue weighted by Crippen LogP contribution is -2.08. The van der Waals surface area contributed by atoms with Gasteiger partial charge in [-0.05, 0) is 115 Å². The average molecular weight is 1900 g/mol. The van der Waals surface area contributed by atoms with Crippen LogP contribution in [0.4, 0.5) is 0 Å². The summed E-state index contributed by atoms with van der Waals surface area (Å²) in [5, 5.41) is 13.9. The largest absolute Gasteiger partial charge is 0.309 e. The molecule has 19 aromatic carbocycles. The fourth-order valence-corrected chi connectivity index (χ4v) is 21.3. The first-order valence-corrected chi connectivity index (χ1v) is 50.0. The van der Waals surface area contributed by atoms with Gasteiger partial charge in [-0.3, -0.25) is 18.3 Å². The Hall–Kier alpha value is -19.9. The van der Waals surface area contributed by atoms with Crippen LogP contribution in [-0.2, 0) is 12.8 Å². The molecule has 0 fully saturated rings. The Morgan fingerprint density at radius 3 is 0.709 bits per heavy atom. The van der Waals surface area contributed by atoms with Crippen molar-refractivity contribution in [1.82, 2.24) is 82.2 Å². The van der Waals surface area contributed by atoms with E-state index in [0.717, 1.165) is 168 Å². The predicted molar refractivity (Wildman–Crippen MR) is 603 cm³/mol. The maximum absolute atomic E-state index is 5.34. The molecule has 0 saturated carbocycles. The molecular formula is C131H89N17. The lowest BCUT2D eigenvalue weighted by atomic mass is 10.0. The minimum Gasteiger partial charge on any atom is -0.309 e. The van der Waals surface area contributed by atoms with Gasteiger partial charge in [-0.2, -0.15) is 29.9 Å². The van der Waals surface area contributed by atoms with Crippen molar-refractivity contribution >= 4 is 131 Å². The molecular weight excluding hydrogens is 1810 g/mol. The van der Waals surface area contributed by atoms with Crippen LogP contribution < -0.4 is 0 Å². The van der Waals surface area contributed by atoms with Crippen LogP contribution in [0, 0.1) is 0 Å². The summed E-state index contributed by atoms with van der Waals surface area (Å²) < 4.78 is 13.6. The highest BCUT2D eigenvalue weighted by atomic mass is 15.2. The van der Waals surface area contributed by atoms with Crippen LogP contribution in [0.2, 0.25) is 0 Å². The smallest absolute Gasteiger partial charge is 0.238 e. The van der Waals surface area contributed by atoms with Crippen molar-refractivity contribution in [3.05, 3.63) is 490 Å². The van der Waals surface area contributed by atoms with Crippen molar-refractivity contribution in [3.63, 3.8) is 0 Å². The van der Waals surface area contributed by atoms with E-state index in [1.807, 2.05) is 194 Å². The number of nitrogens with zero attached hydrogens (tertiary/aromatic N) is 17. The van der Waals surface area contributed by atoms with Gasteiger partial charge in [0.05, 0.1) is 77.6 Å². The van der Waals surface area contributed by atoms with Crippen LogP contribution in [0.15, 0.2) is 479 Å². The molecule has 0 aliphatic carbocycles. The van der Waals surface area contributed by atoms with Crippen molar-refractivity contribution in [2.45, 2.75) is 26.7 Å². The van der Waals surface area contributed by atoms with Gasteiger partial charge >= 0.3 is 0 Å². The second kappa shape index (κ2) is 36.9. The number of aromatic nitrogens is 17. The second-order valence-electron chi connectivity index (χ2n) is 37.0. The fraction of sp³-hybridized carbons (Fsp3) is 0.0305. The normalized spacial score (nSPS) is 11.6. The predicted octanol–water partition coefficient (Wildman–Crippen LogP) is 31.4. The van der Waals surface area contributed by atoms with Gasteiger partial charge in [-0.25, -0.2) is 24.9 Å². The summed E-state index contributed by atoms with van der Waals surface area (Å²) in [6.07, 6.45) is 1.93. The molecule has 0 spiro atoms. The summed E-state index contributed by atoms with van der Waals surface area (Å²) >= 11 is 0. The Bertz CT molecular complexity index is 9710. The van der Waals surface area contributed by atoms with E-state index in [1.54, 1.807) is 0 Å². The van der Waals surface area contributed by atoms with Crippen LogP contribution in [0.1, 0.15) is 25.0 Å². The van der Waals surface area contributed by atoms with Gasteiger partial charge in [0, 0.05) is 121 Å². The molecule has 0 aliphatic rings. The molecule has 0 saturated heterocycles. The van der Waals surface area contributed by atoms with Crippen molar-refractivity contribution in [2.75, 3.05) is 0 Å². The van der Waals surface area contributed by atoms with Crippen LogP contribution in [-0.4, -0.2) is 82.2 Å². The summed E-state index contributed by atoms with van der Waals surface area (Å²) in [6.45, 7) is 4.43. The topological polar surface area (TPSA) is 171 Å². The Labute approximate surface area is 850 Å². The first-order chi connectivity index (χ1) is 73.3. The highest BCUT2D eigenvalue weighted by Crippen LogP contribution is 2.47. The molecule has 0 aliphatic heterocycles. The van der Waals surface area contributed by atoms with Crippen molar-refractivity contribution in [2.24, 2.45) is 0 Å². The Balaban J connectivity index is 0.000000110. The zero-order chi connectivity index (χ0) is 98.2. The molecule has 29 aromatic rings. The Morgan fingerprint density at radius 1 is 0.149 bits per heavy atom. The highest BCUT2D eigenvalue weighted by Gasteiger charge is 2.30. The first kappa shape index (κ1) is 87.1. The zero-order valence-electron chi connectivity index (χ0n) is 80.6. The molecule has 0 atom stereocenters. The van der Waals surface area contributed by atoms with E-state index in [-0.39, 0.29) is 0 Å². The second-order valence-corrected chi connectivity index (χ2v) is 37.0. The lowest BCUT2D eigenvalue weighted by Gasteiger charge is -2.14. The average Bonchev–Trinajstić information content (AvgIpc) is 1.61. The van der Waals surface area contributed by atoms with Gasteiger partial charge in [0.2, 0.25) is 23.8 Å². The fourth-order valence-electron chi connectivity index (χ4n) is 21.3. The molecule has 698 valence electrons. The Morgan fingerprint density at radius 2 is 0.378 bits per heavy atom. The van der Waals surface area contributed by atoms with Crippen LogP contribution in [0.3, 0.4) is 0 Å². The van der Waals surface area contributed by atoms with Gasteiger partial charge in [-0.1, -0.05) is 402 Å². The molecule has 0 N–H and O–H groups in total. The highest BCUT2D eigenvalue weighted by molar-refractivity contribution is 6.26. The van der Waals surface area contributed by atoms with Crippen molar-refractivity contribution in [1.29, 1.82) is 0 Å². The number of rotatable bonds is 16. The van der Waals surface area contributed by atoms with Gasteiger partial charge in [0.25, 0.3) is 0 Å². The molecule has 0 amide bonds. The minimum absolute atomic E-state index is 0.525. The molecule has 10 heterocycles. The van der Waals surface area contributed by atoms with Gasteiger partial charge in [0.1, 0.15) is 0 Å². The van der Waals surface area contributed by atoms with E-state index in [0.29, 0.717) is 58.7 Å². The molecule has 17 heteroatoms. The summed E-state index contributed by atoms with van der Waals surface area (Å²) in [5.74, 6) is 6.04. The molecule has 0 radical (unpaired) electrons. The molecule has 29 rings (SSSR count). The number of aryl methyl sites for hydroxylation is 2.